The minimum absolute atomic E-state index is 0.289. The van der Waals surface area contributed by atoms with Crippen LogP contribution in [-0.2, 0) is 4.74 Å². The van der Waals surface area contributed by atoms with Crippen molar-refractivity contribution in [1.82, 2.24) is 5.32 Å². The van der Waals surface area contributed by atoms with Crippen molar-refractivity contribution in [2.45, 2.75) is 40.5 Å². The van der Waals surface area contributed by atoms with Crippen molar-refractivity contribution >= 4 is 6.09 Å². The van der Waals surface area contributed by atoms with E-state index in [0.29, 0.717) is 18.4 Å². The highest BCUT2D eigenvalue weighted by Gasteiger charge is 2.02. The summed E-state index contributed by atoms with van der Waals surface area (Å²) in [5.41, 5.74) is 0. The lowest BCUT2D eigenvalue weighted by molar-refractivity contribution is 0.133. The highest BCUT2D eigenvalue weighted by atomic mass is 16.5. The van der Waals surface area contributed by atoms with E-state index in [1.54, 1.807) is 0 Å². The van der Waals surface area contributed by atoms with Crippen LogP contribution in [0.5, 0.6) is 0 Å². The smallest absolute Gasteiger partial charge is 0.407 e. The van der Waals surface area contributed by atoms with E-state index in [2.05, 4.69) is 19.2 Å². The molecule has 0 aliphatic rings. The summed E-state index contributed by atoms with van der Waals surface area (Å²) in [4.78, 5) is 11.1. The fraction of sp³-hybridized carbons (Fsp3) is 0.909. The Morgan fingerprint density at radius 3 is 2.36 bits per heavy atom. The van der Waals surface area contributed by atoms with Gasteiger partial charge in [0.1, 0.15) is 0 Å². The summed E-state index contributed by atoms with van der Waals surface area (Å²) in [6.45, 7) is 9.61. The van der Waals surface area contributed by atoms with Crippen LogP contribution in [-0.4, -0.2) is 19.2 Å². The van der Waals surface area contributed by atoms with Crippen LogP contribution in [0.25, 0.3) is 0 Å². The van der Waals surface area contributed by atoms with E-state index < -0.39 is 0 Å². The Kier molecular flexibility index (Phi) is 7.25. The molecule has 0 heterocycles. The van der Waals surface area contributed by atoms with E-state index in [-0.39, 0.29) is 6.09 Å². The number of carbonyl (C=O) groups is 1. The first kappa shape index (κ1) is 13.3. The van der Waals surface area contributed by atoms with Crippen molar-refractivity contribution in [1.29, 1.82) is 0 Å². The molecule has 3 heteroatoms. The minimum Gasteiger partial charge on any atom is -0.449 e. The maximum Gasteiger partial charge on any atom is 0.407 e. The molecule has 0 spiro atoms. The van der Waals surface area contributed by atoms with Crippen LogP contribution in [0, 0.1) is 11.8 Å². The average molecular weight is 201 g/mol. The van der Waals surface area contributed by atoms with Crippen LogP contribution < -0.4 is 5.32 Å². The summed E-state index contributed by atoms with van der Waals surface area (Å²) >= 11 is 0. The van der Waals surface area contributed by atoms with Gasteiger partial charge in [-0.2, -0.15) is 0 Å². The first-order valence-electron chi connectivity index (χ1n) is 5.43. The van der Waals surface area contributed by atoms with Crippen LogP contribution in [0.3, 0.4) is 0 Å². The Morgan fingerprint density at radius 1 is 1.21 bits per heavy atom. The van der Waals surface area contributed by atoms with E-state index in [1.807, 2.05) is 13.8 Å². The van der Waals surface area contributed by atoms with Crippen molar-refractivity contribution < 1.29 is 9.53 Å². The maximum atomic E-state index is 11.1. The van der Waals surface area contributed by atoms with Crippen molar-refractivity contribution in [2.75, 3.05) is 13.2 Å². The van der Waals surface area contributed by atoms with Crippen molar-refractivity contribution in [2.24, 2.45) is 11.8 Å². The Hall–Kier alpha value is -0.730. The molecule has 0 aromatic carbocycles. The van der Waals surface area contributed by atoms with E-state index in [0.717, 1.165) is 19.4 Å². The van der Waals surface area contributed by atoms with Gasteiger partial charge < -0.3 is 10.1 Å². The topological polar surface area (TPSA) is 38.3 Å². The summed E-state index contributed by atoms with van der Waals surface area (Å²) in [5, 5.41) is 2.73. The third-order valence-corrected chi connectivity index (χ3v) is 1.78. The quantitative estimate of drug-likeness (QED) is 0.671. The molecule has 0 aliphatic heterocycles. The van der Waals surface area contributed by atoms with Gasteiger partial charge in [-0.05, 0) is 24.7 Å². The lowest BCUT2D eigenvalue weighted by atomic mass is 10.1. The Morgan fingerprint density at radius 2 is 1.86 bits per heavy atom. The van der Waals surface area contributed by atoms with Gasteiger partial charge in [0.05, 0.1) is 6.61 Å². The van der Waals surface area contributed by atoms with Gasteiger partial charge >= 0.3 is 6.09 Å². The number of carbonyl (C=O) groups excluding carboxylic acids is 1. The third-order valence-electron chi connectivity index (χ3n) is 1.78. The van der Waals surface area contributed by atoms with Gasteiger partial charge in [-0.1, -0.05) is 27.7 Å². The van der Waals surface area contributed by atoms with Gasteiger partial charge in [0.25, 0.3) is 0 Å². The maximum absolute atomic E-state index is 11.1. The van der Waals surface area contributed by atoms with Gasteiger partial charge in [-0.15, -0.1) is 0 Å². The molecule has 0 bridgehead atoms. The van der Waals surface area contributed by atoms with Crippen LogP contribution >= 0.6 is 0 Å². The number of nitrogens with one attached hydrogen (secondary N) is 1. The van der Waals surface area contributed by atoms with Gasteiger partial charge in [0.2, 0.25) is 0 Å². The van der Waals surface area contributed by atoms with Gasteiger partial charge in [0, 0.05) is 6.54 Å². The molecule has 14 heavy (non-hydrogen) atoms. The molecule has 0 fully saturated rings. The zero-order valence-corrected chi connectivity index (χ0v) is 9.80. The Bertz CT molecular complexity index is 155. The third kappa shape index (κ3) is 9.36. The van der Waals surface area contributed by atoms with E-state index in [4.69, 9.17) is 4.74 Å². The van der Waals surface area contributed by atoms with Gasteiger partial charge in [-0.3, -0.25) is 0 Å². The molecule has 0 saturated heterocycles. The van der Waals surface area contributed by atoms with Crippen LogP contribution in [0.2, 0.25) is 0 Å². The lowest BCUT2D eigenvalue weighted by Gasteiger charge is -2.09. The molecule has 0 rings (SSSR count). The molecule has 0 unspecified atom stereocenters. The SMILES string of the molecule is CC(C)CCCNC(=O)OCC(C)C. The first-order chi connectivity index (χ1) is 6.52. The van der Waals surface area contributed by atoms with Gasteiger partial charge in [-0.25, -0.2) is 4.79 Å². The predicted octanol–water partition coefficient (Wildman–Crippen LogP) is 2.80. The number of hydrogen-bond acceptors (Lipinski definition) is 2. The lowest BCUT2D eigenvalue weighted by Crippen LogP contribution is -2.26. The molecule has 1 N–H and O–H groups in total. The summed E-state index contributed by atoms with van der Waals surface area (Å²) in [6, 6.07) is 0. The minimum atomic E-state index is -0.289. The van der Waals surface area contributed by atoms with Gasteiger partial charge in [0.15, 0.2) is 0 Å². The van der Waals surface area contributed by atoms with E-state index in [1.165, 1.54) is 0 Å². The van der Waals surface area contributed by atoms with Crippen LogP contribution in [0.4, 0.5) is 4.79 Å². The van der Waals surface area contributed by atoms with Crippen molar-refractivity contribution in [3.8, 4) is 0 Å². The standard InChI is InChI=1S/C11H23NO2/c1-9(2)6-5-7-12-11(13)14-8-10(3)4/h9-10H,5-8H2,1-4H3,(H,12,13). The molecular formula is C11H23NO2. The number of alkyl carbamates (subject to hydrolysis) is 1. The van der Waals surface area contributed by atoms with Crippen LogP contribution in [0.15, 0.2) is 0 Å². The molecule has 0 radical (unpaired) electrons. The van der Waals surface area contributed by atoms with Crippen molar-refractivity contribution in [3.63, 3.8) is 0 Å². The van der Waals surface area contributed by atoms with E-state index >= 15 is 0 Å². The molecule has 0 aromatic rings. The summed E-state index contributed by atoms with van der Waals surface area (Å²) in [5.74, 6) is 1.10. The number of amides is 1. The zero-order valence-electron chi connectivity index (χ0n) is 9.80. The van der Waals surface area contributed by atoms with Crippen LogP contribution in [0.1, 0.15) is 40.5 Å². The molecular weight excluding hydrogens is 178 g/mol. The summed E-state index contributed by atoms with van der Waals surface area (Å²) in [6.07, 6.45) is 1.88. The summed E-state index contributed by atoms with van der Waals surface area (Å²) in [7, 11) is 0. The van der Waals surface area contributed by atoms with Crippen molar-refractivity contribution in [3.05, 3.63) is 0 Å². The second-order valence-electron chi connectivity index (χ2n) is 4.46. The average Bonchev–Trinajstić information content (AvgIpc) is 2.08. The number of hydrogen-bond donors (Lipinski definition) is 1. The molecule has 0 saturated carbocycles. The highest BCUT2D eigenvalue weighted by Crippen LogP contribution is 2.01. The fourth-order valence-electron chi connectivity index (χ4n) is 0.994. The Balaban J connectivity index is 3.27. The Labute approximate surface area is 87.2 Å². The molecule has 0 aromatic heterocycles. The monoisotopic (exact) mass is 201 g/mol. The number of rotatable bonds is 6. The molecule has 3 nitrogen and oxygen atoms in total. The molecule has 1 amide bonds. The molecule has 0 atom stereocenters. The largest absolute Gasteiger partial charge is 0.449 e. The highest BCUT2D eigenvalue weighted by molar-refractivity contribution is 5.66. The normalized spacial score (nSPS) is 10.7. The number of ether oxygens (including phenoxy) is 1. The first-order valence-corrected chi connectivity index (χ1v) is 5.43. The zero-order chi connectivity index (χ0) is 11.0. The van der Waals surface area contributed by atoms with E-state index in [9.17, 15) is 4.79 Å². The summed E-state index contributed by atoms with van der Waals surface area (Å²) < 4.78 is 4.96. The molecule has 0 aliphatic carbocycles. The fourth-order valence-corrected chi connectivity index (χ4v) is 0.994. The second kappa shape index (κ2) is 7.65. The predicted molar refractivity (Wildman–Crippen MR) is 58.3 cm³/mol. The second-order valence-corrected chi connectivity index (χ2v) is 4.46. The molecule has 84 valence electrons.